The average molecular weight is 499 g/mol. The third kappa shape index (κ3) is 4.13. The molecule has 29 heavy (non-hydrogen) atoms. The van der Waals surface area contributed by atoms with Crippen molar-refractivity contribution in [2.75, 3.05) is 26.2 Å². The maximum Gasteiger partial charge on any atom is 0.274 e. The number of hydrogen-bond acceptors (Lipinski definition) is 5. The summed E-state index contributed by atoms with van der Waals surface area (Å²) in [5.41, 5.74) is 0.899. The lowest BCUT2D eigenvalue weighted by molar-refractivity contribution is 0.0691. The van der Waals surface area contributed by atoms with E-state index in [9.17, 15) is 17.6 Å². The molecular weight excluding hydrogens is 483 g/mol. The molecule has 11 heteroatoms. The monoisotopic (exact) mass is 498 g/mol. The van der Waals surface area contributed by atoms with Crippen LogP contribution in [0.1, 0.15) is 10.5 Å². The highest BCUT2D eigenvalue weighted by Gasteiger charge is 2.31. The fourth-order valence-electron chi connectivity index (χ4n) is 3.03. The Bertz CT molecular complexity index is 1140. The van der Waals surface area contributed by atoms with Crippen molar-refractivity contribution < 1.29 is 17.6 Å². The maximum atomic E-state index is 13.1. The third-order valence-corrected chi connectivity index (χ3v) is 8.56. The van der Waals surface area contributed by atoms with E-state index in [2.05, 4.69) is 21.0 Å². The Morgan fingerprint density at radius 3 is 2.34 bits per heavy atom. The lowest BCUT2D eigenvalue weighted by Crippen LogP contribution is -2.50. The molecule has 7 nitrogen and oxygen atoms in total. The Labute approximate surface area is 179 Å². The van der Waals surface area contributed by atoms with Crippen LogP contribution < -0.4 is 0 Å². The summed E-state index contributed by atoms with van der Waals surface area (Å²) < 4.78 is 42.4. The summed E-state index contributed by atoms with van der Waals surface area (Å²) in [5, 5.41) is 4.27. The fourth-order valence-corrected chi connectivity index (χ4v) is 6.62. The minimum Gasteiger partial charge on any atom is -0.335 e. The second-order valence-electron chi connectivity index (χ2n) is 6.38. The number of thiophene rings is 1. The second kappa shape index (κ2) is 7.98. The van der Waals surface area contributed by atoms with Gasteiger partial charge in [-0.15, -0.1) is 11.3 Å². The summed E-state index contributed by atoms with van der Waals surface area (Å²) in [6, 6.07) is 10.7. The maximum absolute atomic E-state index is 13.1. The summed E-state index contributed by atoms with van der Waals surface area (Å²) >= 11 is 4.44. The first-order valence-corrected chi connectivity index (χ1v) is 11.8. The van der Waals surface area contributed by atoms with Gasteiger partial charge >= 0.3 is 0 Å². The van der Waals surface area contributed by atoms with Gasteiger partial charge in [-0.3, -0.25) is 4.79 Å². The molecule has 2 aromatic heterocycles. The molecule has 152 valence electrons. The number of amides is 1. The lowest BCUT2D eigenvalue weighted by atomic mass is 10.3. The summed E-state index contributed by atoms with van der Waals surface area (Å²) in [5.74, 6) is -0.610. The van der Waals surface area contributed by atoms with E-state index < -0.39 is 10.0 Å². The molecule has 1 amide bonds. The predicted octanol–water partition coefficient (Wildman–Crippen LogP) is 2.98. The first kappa shape index (κ1) is 20.2. The molecule has 0 bridgehead atoms. The van der Waals surface area contributed by atoms with Gasteiger partial charge < -0.3 is 4.90 Å². The number of benzene rings is 1. The summed E-state index contributed by atoms with van der Waals surface area (Å²) in [6.07, 6.45) is 1.63. The first-order chi connectivity index (χ1) is 13.8. The largest absolute Gasteiger partial charge is 0.335 e. The van der Waals surface area contributed by atoms with Crippen molar-refractivity contribution in [3.05, 3.63) is 64.0 Å². The quantitative estimate of drug-likeness (QED) is 0.554. The van der Waals surface area contributed by atoms with Crippen LogP contribution in [0.2, 0.25) is 0 Å². The Morgan fingerprint density at radius 1 is 1.03 bits per heavy atom. The molecule has 1 saturated heterocycles. The van der Waals surface area contributed by atoms with Crippen molar-refractivity contribution in [2.45, 2.75) is 4.21 Å². The highest BCUT2D eigenvalue weighted by atomic mass is 79.9. The fraction of sp³-hybridized carbons (Fsp3) is 0.222. The van der Waals surface area contributed by atoms with Crippen LogP contribution in [0.4, 0.5) is 4.39 Å². The van der Waals surface area contributed by atoms with Gasteiger partial charge in [0, 0.05) is 32.4 Å². The second-order valence-corrected chi connectivity index (χ2v) is 11.0. The number of carbonyl (C=O) groups is 1. The molecule has 4 rings (SSSR count). The van der Waals surface area contributed by atoms with Gasteiger partial charge in [0.05, 0.1) is 9.47 Å². The van der Waals surface area contributed by atoms with Gasteiger partial charge in [0.1, 0.15) is 10.0 Å². The van der Waals surface area contributed by atoms with E-state index in [0.29, 0.717) is 5.69 Å². The van der Waals surface area contributed by atoms with E-state index in [1.165, 1.54) is 21.1 Å². The summed E-state index contributed by atoms with van der Waals surface area (Å²) in [6.45, 7) is 1.02. The van der Waals surface area contributed by atoms with Crippen molar-refractivity contribution in [3.63, 3.8) is 0 Å². The zero-order valence-electron chi connectivity index (χ0n) is 15.0. The number of carbonyl (C=O) groups excluding carboxylic acids is 1. The predicted molar refractivity (Wildman–Crippen MR) is 110 cm³/mol. The number of hydrogen-bond donors (Lipinski definition) is 0. The lowest BCUT2D eigenvalue weighted by Gasteiger charge is -2.33. The molecule has 0 N–H and O–H groups in total. The van der Waals surface area contributed by atoms with Gasteiger partial charge in [0.25, 0.3) is 15.9 Å². The Hall–Kier alpha value is -2.08. The van der Waals surface area contributed by atoms with Crippen molar-refractivity contribution in [2.24, 2.45) is 0 Å². The Kier molecular flexibility index (Phi) is 5.56. The smallest absolute Gasteiger partial charge is 0.274 e. The van der Waals surface area contributed by atoms with Crippen LogP contribution in [0, 0.1) is 5.82 Å². The molecule has 0 unspecified atom stereocenters. The minimum atomic E-state index is -3.56. The van der Waals surface area contributed by atoms with Crippen molar-refractivity contribution in [3.8, 4) is 5.69 Å². The van der Waals surface area contributed by atoms with Gasteiger partial charge in [0.15, 0.2) is 5.69 Å². The van der Waals surface area contributed by atoms with E-state index in [-0.39, 0.29) is 47.8 Å². The number of aromatic nitrogens is 2. The van der Waals surface area contributed by atoms with E-state index in [1.54, 1.807) is 41.4 Å². The molecule has 0 saturated carbocycles. The van der Waals surface area contributed by atoms with Crippen LogP contribution in [-0.2, 0) is 10.0 Å². The standard InChI is InChI=1S/C18H16BrFN4O3S2/c19-16-5-6-17(28-16)29(26,27)23-11-9-22(10-12-23)18(25)15-7-8-24(21-15)14-3-1-13(20)2-4-14/h1-8H,9-12H2. The number of piperazine rings is 1. The molecule has 1 fully saturated rings. The molecule has 1 aromatic carbocycles. The van der Waals surface area contributed by atoms with Crippen molar-refractivity contribution in [1.29, 1.82) is 0 Å². The molecule has 0 spiro atoms. The minimum absolute atomic E-state index is 0.224. The van der Waals surface area contributed by atoms with E-state index >= 15 is 0 Å². The van der Waals surface area contributed by atoms with Crippen molar-refractivity contribution in [1.82, 2.24) is 19.0 Å². The molecule has 0 atom stereocenters. The average Bonchev–Trinajstić information content (AvgIpc) is 3.38. The Balaban J connectivity index is 1.42. The van der Waals surface area contributed by atoms with Crippen LogP contribution in [-0.4, -0.2) is 59.5 Å². The molecule has 3 aromatic rings. The van der Waals surface area contributed by atoms with Gasteiger partial charge in [0.2, 0.25) is 0 Å². The topological polar surface area (TPSA) is 75.5 Å². The SMILES string of the molecule is O=C(c1ccn(-c2ccc(F)cc2)n1)N1CCN(S(=O)(=O)c2ccc(Br)s2)CC1. The highest BCUT2D eigenvalue weighted by molar-refractivity contribution is 9.11. The van der Waals surface area contributed by atoms with E-state index in [0.717, 1.165) is 15.1 Å². The zero-order valence-corrected chi connectivity index (χ0v) is 18.3. The zero-order chi connectivity index (χ0) is 20.6. The molecule has 0 radical (unpaired) electrons. The van der Waals surface area contributed by atoms with Crippen LogP contribution in [0.3, 0.4) is 0 Å². The number of nitrogens with zero attached hydrogens (tertiary/aromatic N) is 4. The summed E-state index contributed by atoms with van der Waals surface area (Å²) in [4.78, 5) is 14.3. The Morgan fingerprint density at radius 2 is 1.72 bits per heavy atom. The van der Waals surface area contributed by atoms with Gasteiger partial charge in [-0.25, -0.2) is 17.5 Å². The first-order valence-electron chi connectivity index (χ1n) is 8.71. The number of sulfonamides is 1. The normalized spacial score (nSPS) is 15.6. The highest BCUT2D eigenvalue weighted by Crippen LogP contribution is 2.29. The molecule has 3 heterocycles. The molecule has 1 aliphatic rings. The van der Waals surface area contributed by atoms with E-state index in [4.69, 9.17) is 0 Å². The number of halogens is 2. The van der Waals surface area contributed by atoms with Crippen LogP contribution >= 0.6 is 27.3 Å². The summed E-state index contributed by atoms with van der Waals surface area (Å²) in [7, 11) is -3.56. The van der Waals surface area contributed by atoms with Crippen LogP contribution in [0.25, 0.3) is 5.69 Å². The van der Waals surface area contributed by atoms with E-state index in [1.807, 2.05) is 0 Å². The van der Waals surface area contributed by atoms with Gasteiger partial charge in [-0.05, 0) is 58.4 Å². The molecule has 1 aliphatic heterocycles. The van der Waals surface area contributed by atoms with Crippen LogP contribution in [0.15, 0.2) is 56.7 Å². The van der Waals surface area contributed by atoms with Gasteiger partial charge in [-0.1, -0.05) is 0 Å². The van der Waals surface area contributed by atoms with Crippen LogP contribution in [0.5, 0.6) is 0 Å². The van der Waals surface area contributed by atoms with Gasteiger partial charge in [-0.2, -0.15) is 9.40 Å². The van der Waals surface area contributed by atoms with Crippen molar-refractivity contribution >= 4 is 43.2 Å². The molecular formula is C18H16BrFN4O3S2. The third-order valence-electron chi connectivity index (χ3n) is 4.57. The molecule has 0 aliphatic carbocycles. The number of rotatable bonds is 4.